The van der Waals surface area contributed by atoms with Crippen molar-refractivity contribution < 1.29 is 14.4 Å². The number of fused-ring (bicyclic) bond motifs is 2. The second-order valence-corrected chi connectivity index (χ2v) is 11.4. The monoisotopic (exact) mass is 532 g/mol. The summed E-state index contributed by atoms with van der Waals surface area (Å²) in [7, 11) is 0. The number of anilines is 1. The number of hydrogen-bond donors (Lipinski definition) is 3. The van der Waals surface area contributed by atoms with Crippen LogP contribution in [0.5, 0.6) is 0 Å². The molecule has 3 saturated heterocycles. The first-order valence-corrected chi connectivity index (χ1v) is 14.2. The molecule has 2 unspecified atom stereocenters. The van der Waals surface area contributed by atoms with Crippen molar-refractivity contribution in [3.05, 3.63) is 58.3 Å². The van der Waals surface area contributed by atoms with E-state index >= 15 is 0 Å². The van der Waals surface area contributed by atoms with E-state index in [0.29, 0.717) is 34.3 Å². The van der Waals surface area contributed by atoms with E-state index in [2.05, 4.69) is 27.4 Å². The van der Waals surface area contributed by atoms with Crippen molar-refractivity contribution in [3.63, 3.8) is 0 Å². The van der Waals surface area contributed by atoms with Gasteiger partial charge in [0.25, 0.3) is 11.8 Å². The Hall–Kier alpha value is -3.46. The van der Waals surface area contributed by atoms with Gasteiger partial charge in [-0.3, -0.25) is 14.4 Å². The van der Waals surface area contributed by atoms with Crippen molar-refractivity contribution in [2.24, 2.45) is 5.73 Å². The van der Waals surface area contributed by atoms with Gasteiger partial charge in [-0.1, -0.05) is 6.92 Å². The maximum Gasteiger partial charge on any atom is 0.253 e. The second-order valence-electron chi connectivity index (χ2n) is 11.4. The fourth-order valence-corrected chi connectivity index (χ4v) is 6.59. The van der Waals surface area contributed by atoms with Crippen LogP contribution in [0.2, 0.25) is 0 Å². The van der Waals surface area contributed by atoms with Crippen LogP contribution in [0.15, 0.2) is 30.5 Å². The van der Waals surface area contributed by atoms with Crippen molar-refractivity contribution in [2.45, 2.75) is 83.5 Å². The molecule has 0 aliphatic carbocycles. The molecule has 4 N–H and O–H groups in total. The van der Waals surface area contributed by atoms with Crippen molar-refractivity contribution in [1.29, 1.82) is 0 Å². The van der Waals surface area contributed by atoms with Gasteiger partial charge in [0.1, 0.15) is 5.82 Å². The quantitative estimate of drug-likeness (QED) is 0.504. The topological polar surface area (TPSA) is 121 Å². The van der Waals surface area contributed by atoms with E-state index in [-0.39, 0.29) is 23.9 Å². The average Bonchev–Trinajstić information content (AvgIpc) is 3.19. The summed E-state index contributed by atoms with van der Waals surface area (Å²) in [6.07, 6.45) is 7.47. The maximum atomic E-state index is 13.1. The second kappa shape index (κ2) is 11.3. The molecule has 9 heteroatoms. The van der Waals surface area contributed by atoms with E-state index in [1.807, 2.05) is 19.1 Å². The Labute approximate surface area is 230 Å². The SMILES string of the molecule is CCN1CCC(NC(=O)c2ccc(N3C4CCC3CC(NC(=O)c3cc(C)c(C(N)=O)cc3C)C4)nc2)CC1. The summed E-state index contributed by atoms with van der Waals surface area (Å²) in [6, 6.07) is 8.19. The first kappa shape index (κ1) is 27.1. The zero-order valence-corrected chi connectivity index (χ0v) is 23.2. The van der Waals surface area contributed by atoms with Crippen LogP contribution in [0.3, 0.4) is 0 Å². The van der Waals surface area contributed by atoms with Gasteiger partial charge in [0.05, 0.1) is 5.56 Å². The molecule has 1 aromatic carbocycles. The molecule has 1 aromatic heterocycles. The van der Waals surface area contributed by atoms with E-state index in [4.69, 9.17) is 10.7 Å². The summed E-state index contributed by atoms with van der Waals surface area (Å²) in [4.78, 5) is 47.1. The molecular weight excluding hydrogens is 492 g/mol. The zero-order chi connectivity index (χ0) is 27.7. The van der Waals surface area contributed by atoms with Crippen molar-refractivity contribution in [3.8, 4) is 0 Å². The van der Waals surface area contributed by atoms with Crippen LogP contribution in [-0.4, -0.2) is 71.4 Å². The van der Waals surface area contributed by atoms with Gasteiger partial charge >= 0.3 is 0 Å². The van der Waals surface area contributed by atoms with Crippen molar-refractivity contribution in [2.75, 3.05) is 24.5 Å². The highest BCUT2D eigenvalue weighted by Crippen LogP contribution is 2.38. The van der Waals surface area contributed by atoms with Crippen molar-refractivity contribution >= 4 is 23.5 Å². The van der Waals surface area contributed by atoms with Gasteiger partial charge in [-0.05, 0) is 94.3 Å². The normalized spacial score (nSPS) is 23.5. The number of carbonyl (C=O) groups excluding carboxylic acids is 3. The summed E-state index contributed by atoms with van der Waals surface area (Å²) < 4.78 is 0. The molecule has 0 spiro atoms. The Kier molecular flexibility index (Phi) is 7.88. The van der Waals surface area contributed by atoms with Crippen LogP contribution in [0, 0.1) is 13.8 Å². The van der Waals surface area contributed by atoms with E-state index < -0.39 is 5.91 Å². The Morgan fingerprint density at radius 1 is 0.897 bits per heavy atom. The van der Waals surface area contributed by atoms with E-state index in [1.54, 1.807) is 25.3 Å². The maximum absolute atomic E-state index is 13.1. The molecule has 0 radical (unpaired) electrons. The highest BCUT2D eigenvalue weighted by Gasteiger charge is 2.42. The largest absolute Gasteiger partial charge is 0.366 e. The Bertz CT molecular complexity index is 1220. The van der Waals surface area contributed by atoms with Crippen LogP contribution in [-0.2, 0) is 0 Å². The number of primary amides is 1. The smallest absolute Gasteiger partial charge is 0.253 e. The fourth-order valence-electron chi connectivity index (χ4n) is 6.59. The first-order chi connectivity index (χ1) is 18.7. The number of nitrogens with zero attached hydrogens (tertiary/aromatic N) is 3. The number of pyridine rings is 1. The van der Waals surface area contributed by atoms with Gasteiger partial charge in [0.2, 0.25) is 5.91 Å². The Morgan fingerprint density at radius 3 is 2.10 bits per heavy atom. The number of likely N-dealkylation sites (tertiary alicyclic amines) is 1. The van der Waals surface area contributed by atoms with Crippen LogP contribution < -0.4 is 21.3 Å². The van der Waals surface area contributed by atoms with Crippen molar-refractivity contribution in [1.82, 2.24) is 20.5 Å². The number of aryl methyl sites for hydroxylation is 2. The third-order valence-corrected chi connectivity index (χ3v) is 8.79. The number of hydrogen-bond acceptors (Lipinski definition) is 6. The summed E-state index contributed by atoms with van der Waals surface area (Å²) in [6.45, 7) is 8.91. The molecule has 3 amide bonds. The predicted molar refractivity (Wildman–Crippen MR) is 151 cm³/mol. The van der Waals surface area contributed by atoms with Gasteiger partial charge < -0.3 is 26.2 Å². The van der Waals surface area contributed by atoms with E-state index in [9.17, 15) is 14.4 Å². The minimum Gasteiger partial charge on any atom is -0.366 e. The lowest BCUT2D eigenvalue weighted by molar-refractivity contribution is 0.0908. The first-order valence-electron chi connectivity index (χ1n) is 14.2. The highest BCUT2D eigenvalue weighted by molar-refractivity contribution is 5.99. The average molecular weight is 533 g/mol. The molecule has 2 atom stereocenters. The molecule has 3 fully saturated rings. The number of nitrogens with two attached hydrogens (primary N) is 1. The summed E-state index contributed by atoms with van der Waals surface area (Å²) >= 11 is 0. The number of carbonyl (C=O) groups is 3. The number of benzene rings is 1. The number of aromatic nitrogens is 1. The Morgan fingerprint density at radius 2 is 1.51 bits per heavy atom. The number of amides is 3. The van der Waals surface area contributed by atoms with Gasteiger partial charge in [-0.25, -0.2) is 4.98 Å². The molecule has 39 heavy (non-hydrogen) atoms. The minimum absolute atomic E-state index is 0.0530. The third kappa shape index (κ3) is 5.78. The lowest BCUT2D eigenvalue weighted by Crippen LogP contribution is -2.51. The minimum atomic E-state index is -0.485. The molecule has 9 nitrogen and oxygen atoms in total. The van der Waals surface area contributed by atoms with Gasteiger partial charge in [-0.15, -0.1) is 0 Å². The molecule has 5 rings (SSSR count). The van der Waals surface area contributed by atoms with Gasteiger partial charge in [0.15, 0.2) is 0 Å². The molecule has 3 aliphatic rings. The predicted octanol–water partition coefficient (Wildman–Crippen LogP) is 2.94. The molecule has 2 aromatic rings. The van der Waals surface area contributed by atoms with Gasteiger partial charge in [0, 0.05) is 54.6 Å². The van der Waals surface area contributed by atoms with Gasteiger partial charge in [-0.2, -0.15) is 0 Å². The molecule has 4 heterocycles. The van der Waals surface area contributed by atoms with Crippen LogP contribution in [0.4, 0.5) is 5.82 Å². The summed E-state index contributed by atoms with van der Waals surface area (Å²) in [5.74, 6) is 0.246. The van der Waals surface area contributed by atoms with E-state index in [0.717, 1.165) is 69.5 Å². The molecule has 208 valence electrons. The zero-order valence-electron chi connectivity index (χ0n) is 23.2. The van der Waals surface area contributed by atoms with Crippen LogP contribution in [0.1, 0.15) is 87.6 Å². The Balaban J connectivity index is 1.18. The summed E-state index contributed by atoms with van der Waals surface area (Å²) in [5, 5.41) is 6.42. The molecular formula is C30H40N6O3. The number of piperidine rings is 2. The number of nitrogens with one attached hydrogen (secondary N) is 2. The van der Waals surface area contributed by atoms with Crippen LogP contribution >= 0.6 is 0 Å². The highest BCUT2D eigenvalue weighted by atomic mass is 16.2. The fraction of sp³-hybridized carbons (Fsp3) is 0.533. The third-order valence-electron chi connectivity index (χ3n) is 8.79. The lowest BCUT2D eigenvalue weighted by Gasteiger charge is -2.40. The van der Waals surface area contributed by atoms with E-state index in [1.165, 1.54) is 0 Å². The lowest BCUT2D eigenvalue weighted by atomic mass is 9.95. The number of rotatable bonds is 7. The standard InChI is InChI=1S/C30H40N6O3/c1-4-35-11-9-21(10-12-35)33-29(38)20-5-8-27(32-17-20)36-23-6-7-24(36)16-22(15-23)34-30(39)26-14-18(2)25(28(31)37)13-19(26)3/h5,8,13-14,17,21-24H,4,6-7,9-12,15-16H2,1-3H3,(H2,31,37)(H,33,38)(H,34,39). The van der Waals surface area contributed by atoms with Crippen LogP contribution in [0.25, 0.3) is 0 Å². The molecule has 2 bridgehead atoms. The summed E-state index contributed by atoms with van der Waals surface area (Å²) in [5.41, 5.74) is 8.53. The molecule has 3 aliphatic heterocycles. The molecule has 0 saturated carbocycles.